The van der Waals surface area contributed by atoms with Gasteiger partial charge < -0.3 is 9.64 Å². The molecule has 0 radical (unpaired) electrons. The number of Topliss-reactive ketones (excluding diaryl/α,β-unsaturated/α-hetero) is 1. The lowest BCUT2D eigenvalue weighted by Gasteiger charge is -2.33. The zero-order valence-electron chi connectivity index (χ0n) is 13.7. The van der Waals surface area contributed by atoms with Crippen LogP contribution >= 0.6 is 0 Å². The largest absolute Gasteiger partial charge is 0.496 e. The Morgan fingerprint density at radius 2 is 1.91 bits per heavy atom. The van der Waals surface area contributed by atoms with E-state index in [0.29, 0.717) is 29.5 Å². The molecule has 1 fully saturated rings. The average Bonchev–Trinajstić information content (AvgIpc) is 2.55. The lowest BCUT2D eigenvalue weighted by molar-refractivity contribution is 0.0647. The van der Waals surface area contributed by atoms with E-state index in [-0.39, 0.29) is 11.7 Å². The van der Waals surface area contributed by atoms with Gasteiger partial charge in [0.05, 0.1) is 12.7 Å². The number of carbonyl (C=O) groups excluding carboxylic acids is 2. The molecule has 1 amide bonds. The van der Waals surface area contributed by atoms with Crippen molar-refractivity contribution >= 4 is 11.7 Å². The van der Waals surface area contributed by atoms with Gasteiger partial charge in [-0.3, -0.25) is 9.59 Å². The third-order valence-electron chi connectivity index (χ3n) is 4.44. The molecule has 1 aliphatic rings. The van der Waals surface area contributed by atoms with Gasteiger partial charge in [-0.1, -0.05) is 19.3 Å². The topological polar surface area (TPSA) is 46.6 Å². The molecule has 0 unspecified atom stereocenters. The first-order valence-electron chi connectivity index (χ1n) is 8.08. The van der Waals surface area contributed by atoms with Crippen LogP contribution in [0, 0.1) is 0 Å². The van der Waals surface area contributed by atoms with Gasteiger partial charge in [0.1, 0.15) is 5.75 Å². The van der Waals surface area contributed by atoms with Crippen LogP contribution in [0.3, 0.4) is 0 Å². The summed E-state index contributed by atoms with van der Waals surface area (Å²) in [6.07, 6.45) is 5.83. The van der Waals surface area contributed by atoms with Gasteiger partial charge in [0, 0.05) is 18.2 Å². The Hall–Kier alpha value is -1.84. The molecule has 0 aliphatic heterocycles. The summed E-state index contributed by atoms with van der Waals surface area (Å²) >= 11 is 0. The fraction of sp³-hybridized carbons (Fsp3) is 0.556. The monoisotopic (exact) mass is 303 g/mol. The van der Waals surface area contributed by atoms with Crippen molar-refractivity contribution in [2.45, 2.75) is 52.0 Å². The first-order chi connectivity index (χ1) is 10.6. The molecule has 0 bridgehead atoms. The maximum absolute atomic E-state index is 12.8. The molecular weight excluding hydrogens is 278 g/mol. The van der Waals surface area contributed by atoms with Crippen LogP contribution in [0.4, 0.5) is 0 Å². The summed E-state index contributed by atoms with van der Waals surface area (Å²) in [4.78, 5) is 26.3. The highest BCUT2D eigenvalue weighted by molar-refractivity contribution is 6.00. The predicted octanol–water partition coefficient (Wildman–Crippen LogP) is 3.69. The van der Waals surface area contributed by atoms with Crippen LogP contribution < -0.4 is 4.74 Å². The molecule has 4 nitrogen and oxygen atoms in total. The highest BCUT2D eigenvalue weighted by Gasteiger charge is 2.25. The van der Waals surface area contributed by atoms with Crippen molar-refractivity contribution in [3.63, 3.8) is 0 Å². The number of nitrogens with zero attached hydrogens (tertiary/aromatic N) is 1. The summed E-state index contributed by atoms with van der Waals surface area (Å²) in [6.45, 7) is 4.23. The first-order valence-corrected chi connectivity index (χ1v) is 8.08. The van der Waals surface area contributed by atoms with Crippen LogP contribution in [0.15, 0.2) is 18.2 Å². The van der Waals surface area contributed by atoms with Gasteiger partial charge in [-0.05, 0) is 44.9 Å². The maximum Gasteiger partial charge on any atom is 0.254 e. The Morgan fingerprint density at radius 3 is 2.45 bits per heavy atom. The van der Waals surface area contributed by atoms with Crippen LogP contribution in [0.1, 0.15) is 66.7 Å². The van der Waals surface area contributed by atoms with Gasteiger partial charge in [-0.15, -0.1) is 0 Å². The second-order valence-corrected chi connectivity index (χ2v) is 5.85. The van der Waals surface area contributed by atoms with Crippen LogP contribution in [0.25, 0.3) is 0 Å². The molecule has 0 atom stereocenters. The normalized spacial score (nSPS) is 15.4. The minimum absolute atomic E-state index is 0.0304. The molecule has 4 heteroatoms. The van der Waals surface area contributed by atoms with Crippen molar-refractivity contribution in [2.75, 3.05) is 13.7 Å². The molecule has 1 aromatic rings. The lowest BCUT2D eigenvalue weighted by atomic mass is 9.93. The summed E-state index contributed by atoms with van der Waals surface area (Å²) in [7, 11) is 1.52. The molecule has 0 aromatic heterocycles. The number of rotatable bonds is 5. The van der Waals surface area contributed by atoms with E-state index in [1.807, 2.05) is 11.8 Å². The fourth-order valence-corrected chi connectivity index (χ4v) is 3.24. The van der Waals surface area contributed by atoms with Crippen LogP contribution in [-0.2, 0) is 0 Å². The van der Waals surface area contributed by atoms with E-state index >= 15 is 0 Å². The number of carbonyl (C=O) groups is 2. The van der Waals surface area contributed by atoms with Crippen LogP contribution in [0.2, 0.25) is 0 Å². The Kier molecular flexibility index (Phi) is 5.58. The standard InChI is InChI=1S/C18H25NO3/c1-4-19(15-8-6-5-7-9-15)18(21)14-10-11-16(13(2)20)17(12-14)22-3/h10-12,15H,4-9H2,1-3H3. The van der Waals surface area contributed by atoms with Crippen molar-refractivity contribution < 1.29 is 14.3 Å². The van der Waals surface area contributed by atoms with Gasteiger partial charge in [0.15, 0.2) is 5.78 Å². The van der Waals surface area contributed by atoms with Gasteiger partial charge in [0.25, 0.3) is 5.91 Å². The Labute approximate surface area is 132 Å². The van der Waals surface area contributed by atoms with Crippen molar-refractivity contribution in [2.24, 2.45) is 0 Å². The molecule has 1 saturated carbocycles. The molecule has 0 heterocycles. The number of ether oxygens (including phenoxy) is 1. The molecule has 0 spiro atoms. The molecule has 2 rings (SSSR count). The zero-order valence-corrected chi connectivity index (χ0v) is 13.7. The lowest BCUT2D eigenvalue weighted by Crippen LogP contribution is -2.41. The highest BCUT2D eigenvalue weighted by atomic mass is 16.5. The first kappa shape index (κ1) is 16.5. The molecule has 120 valence electrons. The van der Waals surface area contributed by atoms with Crippen molar-refractivity contribution in [3.8, 4) is 5.75 Å². The number of ketones is 1. The molecule has 1 aromatic carbocycles. The Morgan fingerprint density at radius 1 is 1.23 bits per heavy atom. The zero-order chi connectivity index (χ0) is 16.1. The average molecular weight is 303 g/mol. The maximum atomic E-state index is 12.8. The Balaban J connectivity index is 2.25. The smallest absolute Gasteiger partial charge is 0.254 e. The van der Waals surface area contributed by atoms with Crippen molar-refractivity contribution in [3.05, 3.63) is 29.3 Å². The summed E-state index contributed by atoms with van der Waals surface area (Å²) in [5.74, 6) is 0.441. The van der Waals surface area contributed by atoms with Gasteiger partial charge >= 0.3 is 0 Å². The number of amides is 1. The molecule has 22 heavy (non-hydrogen) atoms. The second-order valence-electron chi connectivity index (χ2n) is 5.85. The van der Waals surface area contributed by atoms with E-state index < -0.39 is 0 Å². The van der Waals surface area contributed by atoms with Crippen LogP contribution in [-0.4, -0.2) is 36.3 Å². The molecule has 0 N–H and O–H groups in total. The van der Waals surface area contributed by atoms with E-state index in [9.17, 15) is 9.59 Å². The molecular formula is C18H25NO3. The predicted molar refractivity (Wildman–Crippen MR) is 86.6 cm³/mol. The fourth-order valence-electron chi connectivity index (χ4n) is 3.24. The molecule has 1 aliphatic carbocycles. The summed E-state index contributed by atoms with van der Waals surface area (Å²) in [5, 5.41) is 0. The van der Waals surface area contributed by atoms with Crippen molar-refractivity contribution in [1.29, 1.82) is 0 Å². The summed E-state index contributed by atoms with van der Waals surface area (Å²) in [6, 6.07) is 5.44. The molecule has 0 saturated heterocycles. The number of methoxy groups -OCH3 is 1. The van der Waals surface area contributed by atoms with E-state index in [0.717, 1.165) is 12.8 Å². The minimum atomic E-state index is -0.0597. The van der Waals surface area contributed by atoms with E-state index in [1.54, 1.807) is 18.2 Å². The number of hydrogen-bond acceptors (Lipinski definition) is 3. The number of benzene rings is 1. The van der Waals surface area contributed by atoms with Gasteiger partial charge in [-0.25, -0.2) is 0 Å². The van der Waals surface area contributed by atoms with E-state index in [1.165, 1.54) is 33.3 Å². The van der Waals surface area contributed by atoms with Gasteiger partial charge in [0.2, 0.25) is 0 Å². The third kappa shape index (κ3) is 3.49. The highest BCUT2D eigenvalue weighted by Crippen LogP contribution is 2.26. The Bertz CT molecular complexity index is 547. The minimum Gasteiger partial charge on any atom is -0.496 e. The SMILES string of the molecule is CCN(C(=O)c1ccc(C(C)=O)c(OC)c1)C1CCCCC1. The quantitative estimate of drug-likeness (QED) is 0.779. The second kappa shape index (κ2) is 7.43. The number of hydrogen-bond donors (Lipinski definition) is 0. The van der Waals surface area contributed by atoms with Crippen LogP contribution in [0.5, 0.6) is 5.75 Å². The van der Waals surface area contributed by atoms with E-state index in [2.05, 4.69) is 0 Å². The summed E-state index contributed by atoms with van der Waals surface area (Å²) in [5.41, 5.74) is 1.11. The third-order valence-corrected chi connectivity index (χ3v) is 4.44. The van der Waals surface area contributed by atoms with Gasteiger partial charge in [-0.2, -0.15) is 0 Å². The van der Waals surface area contributed by atoms with Crippen molar-refractivity contribution in [1.82, 2.24) is 4.90 Å². The van der Waals surface area contributed by atoms with E-state index in [4.69, 9.17) is 4.74 Å². The summed E-state index contributed by atoms with van der Waals surface area (Å²) < 4.78 is 5.26.